The summed E-state index contributed by atoms with van der Waals surface area (Å²) in [6, 6.07) is 6.37. The molecule has 0 aliphatic heterocycles. The topological polar surface area (TPSA) is 90.2 Å². The fraction of sp³-hybridized carbons (Fsp3) is 0. The number of carbonyl (C=O) groups excluding carboxylic acids is 1. The second-order valence-electron chi connectivity index (χ2n) is 2.56. The molecule has 0 aromatic heterocycles. The lowest BCUT2D eigenvalue weighted by Gasteiger charge is -2.04. The largest absolute Gasteiger partial charge is 0.474 e. The van der Waals surface area contributed by atoms with Crippen LogP contribution >= 0.6 is 15.9 Å². The number of nitriles is 1. The number of hydrogen-bond donors (Lipinski definition) is 2. The van der Waals surface area contributed by atoms with Gasteiger partial charge in [0, 0.05) is 4.47 Å². The fourth-order valence-electron chi connectivity index (χ4n) is 0.894. The Morgan fingerprint density at radius 3 is 2.67 bits per heavy atom. The molecular formula is C9H5BrN2O3. The van der Waals surface area contributed by atoms with Gasteiger partial charge in [0.1, 0.15) is 6.07 Å². The molecule has 0 bridgehead atoms. The number of amides is 1. The molecule has 5 nitrogen and oxygen atoms in total. The first-order chi connectivity index (χ1) is 7.04. The molecule has 0 unspecified atom stereocenters. The normalized spacial score (nSPS) is 9.07. The number of carboxylic acids is 1. The molecule has 2 N–H and O–H groups in total. The molecule has 1 aromatic rings. The second kappa shape index (κ2) is 4.57. The minimum absolute atomic E-state index is 0.174. The van der Waals surface area contributed by atoms with Crippen LogP contribution in [0.4, 0.5) is 5.69 Å². The zero-order valence-corrected chi connectivity index (χ0v) is 8.91. The lowest BCUT2D eigenvalue weighted by Crippen LogP contribution is -2.22. The Labute approximate surface area is 93.5 Å². The van der Waals surface area contributed by atoms with Crippen LogP contribution in [-0.4, -0.2) is 17.0 Å². The zero-order valence-electron chi connectivity index (χ0n) is 7.32. The van der Waals surface area contributed by atoms with Crippen LogP contribution in [0.1, 0.15) is 5.56 Å². The van der Waals surface area contributed by atoms with Crippen LogP contribution in [0.2, 0.25) is 0 Å². The molecule has 0 spiro atoms. The van der Waals surface area contributed by atoms with E-state index in [-0.39, 0.29) is 11.3 Å². The van der Waals surface area contributed by atoms with Crippen molar-refractivity contribution in [3.05, 3.63) is 28.2 Å². The van der Waals surface area contributed by atoms with Crippen LogP contribution in [0.25, 0.3) is 0 Å². The second-order valence-corrected chi connectivity index (χ2v) is 3.48. The van der Waals surface area contributed by atoms with E-state index in [0.717, 1.165) is 0 Å². The average Bonchev–Trinajstić information content (AvgIpc) is 2.20. The number of carboxylic acid groups (broad SMARTS) is 1. The lowest BCUT2D eigenvalue weighted by atomic mass is 10.2. The summed E-state index contributed by atoms with van der Waals surface area (Å²) in [6.45, 7) is 0. The summed E-state index contributed by atoms with van der Waals surface area (Å²) in [5.74, 6) is -2.77. The van der Waals surface area contributed by atoms with Gasteiger partial charge in [-0.3, -0.25) is 4.79 Å². The van der Waals surface area contributed by atoms with Crippen LogP contribution in [0.5, 0.6) is 0 Å². The van der Waals surface area contributed by atoms with Gasteiger partial charge in [-0.1, -0.05) is 15.9 Å². The molecule has 0 heterocycles. The van der Waals surface area contributed by atoms with Crippen molar-refractivity contribution in [2.45, 2.75) is 0 Å². The van der Waals surface area contributed by atoms with Crippen LogP contribution in [-0.2, 0) is 9.59 Å². The van der Waals surface area contributed by atoms with Crippen molar-refractivity contribution in [1.82, 2.24) is 0 Å². The lowest BCUT2D eigenvalue weighted by molar-refractivity contribution is -0.147. The minimum Gasteiger partial charge on any atom is -0.474 e. The van der Waals surface area contributed by atoms with E-state index in [1.165, 1.54) is 12.1 Å². The number of anilines is 1. The molecule has 0 saturated carbocycles. The first-order valence-corrected chi connectivity index (χ1v) is 4.58. The molecule has 1 rings (SSSR count). The molecule has 15 heavy (non-hydrogen) atoms. The van der Waals surface area contributed by atoms with E-state index in [1.807, 2.05) is 6.07 Å². The van der Waals surface area contributed by atoms with E-state index in [4.69, 9.17) is 10.4 Å². The summed E-state index contributed by atoms with van der Waals surface area (Å²) in [7, 11) is 0. The summed E-state index contributed by atoms with van der Waals surface area (Å²) in [4.78, 5) is 21.1. The number of benzene rings is 1. The first kappa shape index (κ1) is 11.2. The predicted octanol–water partition coefficient (Wildman–Crippen LogP) is 1.34. The summed E-state index contributed by atoms with van der Waals surface area (Å²) in [5.41, 5.74) is 0.368. The van der Waals surface area contributed by atoms with Crippen molar-refractivity contribution < 1.29 is 14.7 Å². The Morgan fingerprint density at radius 1 is 1.47 bits per heavy atom. The molecule has 0 radical (unpaired) electrons. The highest BCUT2D eigenvalue weighted by Gasteiger charge is 2.13. The van der Waals surface area contributed by atoms with Gasteiger partial charge in [-0.15, -0.1) is 0 Å². The maximum Gasteiger partial charge on any atom is 0.394 e. The molecular weight excluding hydrogens is 264 g/mol. The van der Waals surface area contributed by atoms with Crippen LogP contribution in [0.15, 0.2) is 22.7 Å². The van der Waals surface area contributed by atoms with Gasteiger partial charge < -0.3 is 10.4 Å². The summed E-state index contributed by atoms with van der Waals surface area (Å²) in [5, 5.41) is 19.2. The van der Waals surface area contributed by atoms with E-state index < -0.39 is 11.9 Å². The monoisotopic (exact) mass is 268 g/mol. The third-order valence-corrected chi connectivity index (χ3v) is 2.04. The summed E-state index contributed by atoms with van der Waals surface area (Å²) in [6.07, 6.45) is 0. The Morgan fingerprint density at radius 2 is 2.13 bits per heavy atom. The summed E-state index contributed by atoms with van der Waals surface area (Å²) < 4.78 is 0.673. The quantitative estimate of drug-likeness (QED) is 0.753. The number of nitrogens with one attached hydrogen (secondary N) is 1. The van der Waals surface area contributed by atoms with Gasteiger partial charge in [-0.05, 0) is 18.2 Å². The smallest absolute Gasteiger partial charge is 0.394 e. The maximum absolute atomic E-state index is 10.8. The van der Waals surface area contributed by atoms with Gasteiger partial charge in [-0.25, -0.2) is 4.79 Å². The average molecular weight is 269 g/mol. The predicted molar refractivity (Wildman–Crippen MR) is 55.1 cm³/mol. The zero-order chi connectivity index (χ0) is 11.4. The standard InChI is InChI=1S/C9H5BrN2O3/c10-6-1-2-7(5(3-6)4-11)12-8(13)9(14)15/h1-3H,(H,12,13)(H,14,15). The van der Waals surface area contributed by atoms with E-state index in [9.17, 15) is 9.59 Å². The number of rotatable bonds is 1. The molecule has 0 aliphatic rings. The van der Waals surface area contributed by atoms with Crippen molar-refractivity contribution in [1.29, 1.82) is 5.26 Å². The highest BCUT2D eigenvalue weighted by molar-refractivity contribution is 9.10. The number of carbonyl (C=O) groups is 2. The van der Waals surface area contributed by atoms with Gasteiger partial charge in [0.05, 0.1) is 11.3 Å². The van der Waals surface area contributed by atoms with Crippen LogP contribution in [0, 0.1) is 11.3 Å². The van der Waals surface area contributed by atoms with Gasteiger partial charge in [0.2, 0.25) is 0 Å². The maximum atomic E-state index is 10.8. The van der Waals surface area contributed by atoms with Crippen molar-refractivity contribution in [2.75, 3.05) is 5.32 Å². The van der Waals surface area contributed by atoms with Gasteiger partial charge >= 0.3 is 11.9 Å². The van der Waals surface area contributed by atoms with Gasteiger partial charge in [-0.2, -0.15) is 5.26 Å². The highest BCUT2D eigenvalue weighted by Crippen LogP contribution is 2.20. The van der Waals surface area contributed by atoms with Gasteiger partial charge in [0.25, 0.3) is 0 Å². The molecule has 0 aliphatic carbocycles. The molecule has 6 heteroatoms. The molecule has 1 aromatic carbocycles. The van der Waals surface area contributed by atoms with Crippen LogP contribution in [0.3, 0.4) is 0 Å². The Bertz CT molecular complexity index is 465. The van der Waals surface area contributed by atoms with Crippen molar-refractivity contribution in [3.8, 4) is 6.07 Å². The van der Waals surface area contributed by atoms with Crippen LogP contribution < -0.4 is 5.32 Å². The molecule has 1 amide bonds. The molecule has 0 saturated heterocycles. The van der Waals surface area contributed by atoms with Crippen molar-refractivity contribution in [3.63, 3.8) is 0 Å². The van der Waals surface area contributed by atoms with E-state index in [1.54, 1.807) is 6.07 Å². The number of nitrogens with zero attached hydrogens (tertiary/aromatic N) is 1. The van der Waals surface area contributed by atoms with Crippen molar-refractivity contribution in [2.24, 2.45) is 0 Å². The van der Waals surface area contributed by atoms with Crippen molar-refractivity contribution >= 4 is 33.5 Å². The number of hydrogen-bond acceptors (Lipinski definition) is 3. The first-order valence-electron chi connectivity index (χ1n) is 3.78. The number of aliphatic carboxylic acids is 1. The third-order valence-electron chi connectivity index (χ3n) is 1.54. The Hall–Kier alpha value is -1.87. The summed E-state index contributed by atoms with van der Waals surface area (Å²) >= 11 is 3.15. The van der Waals surface area contributed by atoms with E-state index in [2.05, 4.69) is 21.2 Å². The van der Waals surface area contributed by atoms with E-state index >= 15 is 0 Å². The Kier molecular flexibility index (Phi) is 3.42. The SMILES string of the molecule is N#Cc1cc(Br)ccc1NC(=O)C(=O)O. The van der Waals surface area contributed by atoms with Gasteiger partial charge in [0.15, 0.2) is 0 Å². The highest BCUT2D eigenvalue weighted by atomic mass is 79.9. The molecule has 76 valence electrons. The van der Waals surface area contributed by atoms with E-state index in [0.29, 0.717) is 4.47 Å². The Balaban J connectivity index is 3.01. The fourth-order valence-corrected chi connectivity index (χ4v) is 1.25. The number of halogens is 1. The molecule has 0 fully saturated rings. The third kappa shape index (κ3) is 2.79. The molecule has 0 atom stereocenters. The minimum atomic E-state index is -1.60.